The Hall–Kier alpha value is -3.46. The van der Waals surface area contributed by atoms with E-state index in [1.165, 1.54) is 18.2 Å². The quantitative estimate of drug-likeness (QED) is 0.401. The minimum atomic E-state index is -0.690. The van der Waals surface area contributed by atoms with Gasteiger partial charge in [-0.05, 0) is 37.1 Å². The Labute approximate surface area is 139 Å². The molecule has 0 spiro atoms. The standard InChI is InChI=1S/C18H15N3O3/c1-12-3-6-14(7-4-12)10-15(11-19)18(22)20-16-8-5-13(2)9-17(16)21(23)24/h3-10H,1-2H3,(H,20,22). The van der Waals surface area contributed by atoms with Crippen molar-refractivity contribution < 1.29 is 9.72 Å². The van der Waals surface area contributed by atoms with Gasteiger partial charge in [0, 0.05) is 6.07 Å². The Bertz CT molecular complexity index is 862. The molecule has 2 aromatic rings. The number of hydrogen-bond acceptors (Lipinski definition) is 4. The number of nitro groups is 1. The molecular formula is C18H15N3O3. The third kappa shape index (κ3) is 4.05. The lowest BCUT2D eigenvalue weighted by molar-refractivity contribution is -0.384. The minimum Gasteiger partial charge on any atom is -0.316 e. The van der Waals surface area contributed by atoms with E-state index in [9.17, 15) is 20.2 Å². The summed E-state index contributed by atoms with van der Waals surface area (Å²) in [5.74, 6) is -0.690. The Morgan fingerprint density at radius 3 is 2.38 bits per heavy atom. The van der Waals surface area contributed by atoms with Crippen LogP contribution < -0.4 is 5.32 Å². The number of anilines is 1. The van der Waals surface area contributed by atoms with Crippen molar-refractivity contribution in [1.29, 1.82) is 5.26 Å². The maximum absolute atomic E-state index is 12.3. The van der Waals surface area contributed by atoms with Crippen molar-refractivity contribution in [3.05, 3.63) is 74.8 Å². The van der Waals surface area contributed by atoms with Crippen LogP contribution in [-0.4, -0.2) is 10.8 Å². The van der Waals surface area contributed by atoms with E-state index in [1.807, 2.05) is 25.1 Å². The van der Waals surface area contributed by atoms with Gasteiger partial charge in [0.05, 0.1) is 4.92 Å². The summed E-state index contributed by atoms with van der Waals surface area (Å²) in [6, 6.07) is 13.6. The first-order valence-electron chi connectivity index (χ1n) is 7.15. The lowest BCUT2D eigenvalue weighted by Gasteiger charge is -2.06. The van der Waals surface area contributed by atoms with Gasteiger partial charge in [-0.15, -0.1) is 0 Å². The Morgan fingerprint density at radius 1 is 1.17 bits per heavy atom. The molecule has 6 heteroatoms. The van der Waals surface area contributed by atoms with Crippen molar-refractivity contribution in [1.82, 2.24) is 0 Å². The van der Waals surface area contributed by atoms with Crippen molar-refractivity contribution in [2.24, 2.45) is 0 Å². The summed E-state index contributed by atoms with van der Waals surface area (Å²) in [6.07, 6.45) is 1.44. The minimum absolute atomic E-state index is 0.0562. The summed E-state index contributed by atoms with van der Waals surface area (Å²) < 4.78 is 0. The Morgan fingerprint density at radius 2 is 1.79 bits per heavy atom. The van der Waals surface area contributed by atoms with E-state index < -0.39 is 10.8 Å². The molecule has 2 aromatic carbocycles. The van der Waals surface area contributed by atoms with Crippen LogP contribution in [0.15, 0.2) is 48.0 Å². The number of nitro benzene ring substituents is 1. The van der Waals surface area contributed by atoms with Crippen molar-refractivity contribution in [2.45, 2.75) is 13.8 Å². The molecule has 0 aliphatic heterocycles. The number of aryl methyl sites for hydroxylation is 2. The SMILES string of the molecule is Cc1ccc(C=C(C#N)C(=O)Nc2ccc(C)cc2[N+](=O)[O-])cc1. The molecule has 1 amide bonds. The highest BCUT2D eigenvalue weighted by molar-refractivity contribution is 6.10. The molecule has 1 N–H and O–H groups in total. The van der Waals surface area contributed by atoms with Crippen molar-refractivity contribution in [3.8, 4) is 6.07 Å². The van der Waals surface area contributed by atoms with E-state index in [1.54, 1.807) is 25.1 Å². The van der Waals surface area contributed by atoms with Crippen LogP contribution in [0.4, 0.5) is 11.4 Å². The fourth-order valence-electron chi connectivity index (χ4n) is 2.07. The molecular weight excluding hydrogens is 306 g/mol. The van der Waals surface area contributed by atoms with Gasteiger partial charge in [0.1, 0.15) is 17.3 Å². The largest absolute Gasteiger partial charge is 0.316 e. The summed E-state index contributed by atoms with van der Waals surface area (Å²) in [5, 5.41) is 22.7. The number of amides is 1. The lowest BCUT2D eigenvalue weighted by Crippen LogP contribution is -2.14. The lowest BCUT2D eigenvalue weighted by atomic mass is 10.1. The summed E-state index contributed by atoms with van der Waals surface area (Å²) in [6.45, 7) is 3.65. The van der Waals surface area contributed by atoms with E-state index in [2.05, 4.69) is 5.32 Å². The fraction of sp³-hybridized carbons (Fsp3) is 0.111. The topological polar surface area (TPSA) is 96.0 Å². The number of carbonyl (C=O) groups excluding carboxylic acids is 1. The third-order valence-corrected chi connectivity index (χ3v) is 3.35. The molecule has 0 radical (unpaired) electrons. The van der Waals surface area contributed by atoms with E-state index in [4.69, 9.17) is 0 Å². The number of nitriles is 1. The van der Waals surface area contributed by atoms with E-state index in [0.29, 0.717) is 11.1 Å². The molecule has 0 bridgehead atoms. The number of nitrogens with one attached hydrogen (secondary N) is 1. The average molecular weight is 321 g/mol. The van der Waals surface area contributed by atoms with Gasteiger partial charge in [-0.2, -0.15) is 5.26 Å². The van der Waals surface area contributed by atoms with E-state index >= 15 is 0 Å². The van der Waals surface area contributed by atoms with E-state index in [-0.39, 0.29) is 16.9 Å². The van der Waals surface area contributed by atoms with Crippen molar-refractivity contribution in [3.63, 3.8) is 0 Å². The van der Waals surface area contributed by atoms with Gasteiger partial charge in [-0.3, -0.25) is 14.9 Å². The second kappa shape index (κ2) is 7.20. The van der Waals surface area contributed by atoms with Gasteiger partial charge in [-0.25, -0.2) is 0 Å². The van der Waals surface area contributed by atoms with Crippen LogP contribution in [0.25, 0.3) is 6.08 Å². The first-order valence-corrected chi connectivity index (χ1v) is 7.15. The average Bonchev–Trinajstić information content (AvgIpc) is 2.55. The van der Waals surface area contributed by atoms with Gasteiger partial charge in [0.2, 0.25) is 0 Å². The monoisotopic (exact) mass is 321 g/mol. The normalized spacial score (nSPS) is 10.8. The molecule has 0 saturated heterocycles. The number of nitrogens with zero attached hydrogens (tertiary/aromatic N) is 2. The zero-order valence-electron chi connectivity index (χ0n) is 13.2. The molecule has 0 heterocycles. The molecule has 2 rings (SSSR count). The number of rotatable bonds is 4. The summed E-state index contributed by atoms with van der Waals surface area (Å²) >= 11 is 0. The van der Waals surface area contributed by atoms with Crippen molar-refractivity contribution >= 4 is 23.4 Å². The van der Waals surface area contributed by atoms with Gasteiger partial charge in [0.25, 0.3) is 11.6 Å². The maximum atomic E-state index is 12.3. The van der Waals surface area contributed by atoms with Crippen LogP contribution in [0.5, 0.6) is 0 Å². The number of carbonyl (C=O) groups is 1. The van der Waals surface area contributed by atoms with Crippen LogP contribution in [0.3, 0.4) is 0 Å². The van der Waals surface area contributed by atoms with Gasteiger partial charge in [0.15, 0.2) is 0 Å². The molecule has 0 fully saturated rings. The second-order valence-electron chi connectivity index (χ2n) is 5.31. The Kier molecular flexibility index (Phi) is 5.07. The summed E-state index contributed by atoms with van der Waals surface area (Å²) in [4.78, 5) is 22.8. The zero-order valence-corrected chi connectivity index (χ0v) is 13.2. The predicted molar refractivity (Wildman–Crippen MR) is 91.2 cm³/mol. The van der Waals surface area contributed by atoms with Crippen LogP contribution >= 0.6 is 0 Å². The van der Waals surface area contributed by atoms with Crippen LogP contribution in [0, 0.1) is 35.3 Å². The third-order valence-electron chi connectivity index (χ3n) is 3.35. The maximum Gasteiger partial charge on any atom is 0.293 e. The Balaban J connectivity index is 2.29. The smallest absolute Gasteiger partial charge is 0.293 e. The molecule has 6 nitrogen and oxygen atoms in total. The van der Waals surface area contributed by atoms with Crippen LogP contribution in [-0.2, 0) is 4.79 Å². The number of benzene rings is 2. The van der Waals surface area contributed by atoms with E-state index in [0.717, 1.165) is 5.56 Å². The highest BCUT2D eigenvalue weighted by Crippen LogP contribution is 2.25. The molecule has 0 saturated carbocycles. The molecule has 0 atom stereocenters. The molecule has 0 aliphatic carbocycles. The molecule has 0 aromatic heterocycles. The molecule has 0 unspecified atom stereocenters. The summed E-state index contributed by atoms with van der Waals surface area (Å²) in [7, 11) is 0. The fourth-order valence-corrected chi connectivity index (χ4v) is 2.07. The van der Waals surface area contributed by atoms with Gasteiger partial charge in [-0.1, -0.05) is 35.9 Å². The zero-order chi connectivity index (χ0) is 17.7. The molecule has 120 valence electrons. The molecule has 24 heavy (non-hydrogen) atoms. The van der Waals surface area contributed by atoms with Gasteiger partial charge >= 0.3 is 0 Å². The molecule has 0 aliphatic rings. The highest BCUT2D eigenvalue weighted by Gasteiger charge is 2.18. The first-order chi connectivity index (χ1) is 11.4. The second-order valence-corrected chi connectivity index (χ2v) is 5.31. The van der Waals surface area contributed by atoms with Crippen LogP contribution in [0.1, 0.15) is 16.7 Å². The number of hydrogen-bond donors (Lipinski definition) is 1. The summed E-state index contributed by atoms with van der Waals surface area (Å²) in [5.41, 5.74) is 2.18. The predicted octanol–water partition coefficient (Wildman–Crippen LogP) is 3.76. The first kappa shape index (κ1) is 16.9. The highest BCUT2D eigenvalue weighted by atomic mass is 16.6. The van der Waals surface area contributed by atoms with Crippen molar-refractivity contribution in [2.75, 3.05) is 5.32 Å². The van der Waals surface area contributed by atoms with Gasteiger partial charge < -0.3 is 5.32 Å². The van der Waals surface area contributed by atoms with Crippen LogP contribution in [0.2, 0.25) is 0 Å².